The maximum atomic E-state index is 12.9. The van der Waals surface area contributed by atoms with E-state index in [2.05, 4.69) is 19.6 Å². The second kappa shape index (κ2) is 8.84. The van der Waals surface area contributed by atoms with Gasteiger partial charge in [0.25, 0.3) is 15.9 Å². The Bertz CT molecular complexity index is 1460. The van der Waals surface area contributed by atoms with Gasteiger partial charge in [0.15, 0.2) is 0 Å². The van der Waals surface area contributed by atoms with Gasteiger partial charge in [-0.25, -0.2) is 13.2 Å². The van der Waals surface area contributed by atoms with E-state index in [0.717, 1.165) is 25.4 Å². The number of piperazine rings is 1. The fourth-order valence-corrected chi connectivity index (χ4v) is 5.07. The van der Waals surface area contributed by atoms with E-state index in [-0.39, 0.29) is 10.8 Å². The second-order valence-electron chi connectivity index (χ2n) is 8.12. The number of sulfonamides is 1. The number of benzene rings is 2. The number of hydrogen-bond donors (Lipinski definition) is 3. The minimum Gasteiger partial charge on any atom is -0.468 e. The quantitative estimate of drug-likeness (QED) is 0.387. The molecule has 2 aromatic carbocycles. The minimum atomic E-state index is -3.87. The number of nitrogens with one attached hydrogen (secondary N) is 3. The zero-order valence-corrected chi connectivity index (χ0v) is 19.0. The maximum Gasteiger partial charge on any atom is 0.323 e. The molecule has 0 atom stereocenters. The standard InChI is InChI=1S/C23H23N5O5S/c29-22(28-11-9-27(10-12-28)15-18-2-1-13-33-18)16-3-5-17(6-4-16)26-34(31,32)19-7-8-20-21(14-19)25-23(30)24-20/h1-8,13-14,26H,9-12,15H2,(H2,24,25,30). The Kier molecular flexibility index (Phi) is 5.72. The van der Waals surface area contributed by atoms with Gasteiger partial charge in [-0.3, -0.25) is 14.4 Å². The number of H-pyrrole nitrogens is 2. The van der Waals surface area contributed by atoms with Crippen LogP contribution in [-0.2, 0) is 16.6 Å². The van der Waals surface area contributed by atoms with Crippen LogP contribution < -0.4 is 10.4 Å². The Morgan fingerprint density at radius 2 is 1.71 bits per heavy atom. The van der Waals surface area contributed by atoms with Crippen LogP contribution in [-0.4, -0.2) is 60.3 Å². The van der Waals surface area contributed by atoms with Crippen LogP contribution in [0.3, 0.4) is 0 Å². The van der Waals surface area contributed by atoms with Gasteiger partial charge >= 0.3 is 5.69 Å². The van der Waals surface area contributed by atoms with Crippen LogP contribution in [0.1, 0.15) is 16.1 Å². The van der Waals surface area contributed by atoms with E-state index in [1.807, 2.05) is 12.1 Å². The van der Waals surface area contributed by atoms with Gasteiger partial charge < -0.3 is 19.3 Å². The van der Waals surface area contributed by atoms with Gasteiger partial charge in [-0.2, -0.15) is 0 Å². The predicted octanol–water partition coefficient (Wildman–Crippen LogP) is 2.21. The van der Waals surface area contributed by atoms with Crippen LogP contribution in [0.15, 0.2) is 75.0 Å². The van der Waals surface area contributed by atoms with Crippen molar-refractivity contribution in [2.75, 3.05) is 30.9 Å². The highest BCUT2D eigenvalue weighted by Gasteiger charge is 2.23. The van der Waals surface area contributed by atoms with Gasteiger partial charge in [-0.1, -0.05) is 0 Å². The van der Waals surface area contributed by atoms with Crippen molar-refractivity contribution in [3.63, 3.8) is 0 Å². The molecule has 1 aliphatic rings. The van der Waals surface area contributed by atoms with Crippen molar-refractivity contribution >= 4 is 32.7 Å². The van der Waals surface area contributed by atoms with E-state index >= 15 is 0 Å². The molecule has 0 radical (unpaired) electrons. The average Bonchev–Trinajstić information content (AvgIpc) is 3.47. The predicted molar refractivity (Wildman–Crippen MR) is 126 cm³/mol. The lowest BCUT2D eigenvalue weighted by Gasteiger charge is -2.34. The Morgan fingerprint density at radius 1 is 0.971 bits per heavy atom. The fraction of sp³-hybridized carbons (Fsp3) is 0.217. The largest absolute Gasteiger partial charge is 0.468 e. The number of nitrogens with zero attached hydrogens (tertiary/aromatic N) is 2. The van der Waals surface area contributed by atoms with E-state index in [1.54, 1.807) is 35.4 Å². The molecule has 0 bridgehead atoms. The lowest BCUT2D eigenvalue weighted by Crippen LogP contribution is -2.48. The fourth-order valence-electron chi connectivity index (χ4n) is 3.99. The molecule has 1 amide bonds. The molecule has 1 fully saturated rings. The summed E-state index contributed by atoms with van der Waals surface area (Å²) in [5, 5.41) is 0. The van der Waals surface area contributed by atoms with Crippen molar-refractivity contribution in [2.45, 2.75) is 11.4 Å². The van der Waals surface area contributed by atoms with Crippen molar-refractivity contribution in [3.8, 4) is 0 Å². The summed E-state index contributed by atoms with van der Waals surface area (Å²) in [4.78, 5) is 33.5. The summed E-state index contributed by atoms with van der Waals surface area (Å²) in [5.41, 5.74) is 1.35. The number of carbonyl (C=O) groups is 1. The number of amides is 1. The van der Waals surface area contributed by atoms with Gasteiger partial charge in [0.05, 0.1) is 28.7 Å². The number of imidazole rings is 1. The monoisotopic (exact) mass is 481 g/mol. The molecule has 1 saturated heterocycles. The van der Waals surface area contributed by atoms with Crippen LogP contribution in [0.5, 0.6) is 0 Å². The maximum absolute atomic E-state index is 12.9. The summed E-state index contributed by atoms with van der Waals surface area (Å²) in [6.45, 7) is 3.44. The number of anilines is 1. The molecule has 0 saturated carbocycles. The molecule has 10 nitrogen and oxygen atoms in total. The van der Waals surface area contributed by atoms with Gasteiger partial charge in [0.2, 0.25) is 0 Å². The molecule has 34 heavy (non-hydrogen) atoms. The zero-order chi connectivity index (χ0) is 23.7. The van der Waals surface area contributed by atoms with E-state index in [9.17, 15) is 18.0 Å². The summed E-state index contributed by atoms with van der Waals surface area (Å²) >= 11 is 0. The van der Waals surface area contributed by atoms with E-state index in [4.69, 9.17) is 4.42 Å². The highest BCUT2D eigenvalue weighted by Crippen LogP contribution is 2.20. The molecular formula is C23H23N5O5S. The average molecular weight is 482 g/mol. The first-order valence-corrected chi connectivity index (χ1v) is 12.2. The topological polar surface area (TPSA) is 132 Å². The molecular weight excluding hydrogens is 458 g/mol. The number of fused-ring (bicyclic) bond motifs is 1. The Morgan fingerprint density at radius 3 is 2.41 bits per heavy atom. The Balaban J connectivity index is 1.21. The molecule has 3 N–H and O–H groups in total. The third-order valence-electron chi connectivity index (χ3n) is 5.80. The van der Waals surface area contributed by atoms with Crippen LogP contribution in [0.2, 0.25) is 0 Å². The van der Waals surface area contributed by atoms with Crippen molar-refractivity contribution in [2.24, 2.45) is 0 Å². The lowest BCUT2D eigenvalue weighted by molar-refractivity contribution is 0.0620. The van der Waals surface area contributed by atoms with Gasteiger partial charge in [0, 0.05) is 37.4 Å². The molecule has 0 unspecified atom stereocenters. The molecule has 176 valence electrons. The first-order chi connectivity index (χ1) is 16.4. The van der Waals surface area contributed by atoms with Crippen molar-refractivity contribution in [3.05, 3.63) is 82.7 Å². The van der Waals surface area contributed by atoms with Crippen molar-refractivity contribution in [1.82, 2.24) is 19.8 Å². The molecule has 0 aliphatic carbocycles. The van der Waals surface area contributed by atoms with Crippen LogP contribution in [0.25, 0.3) is 11.0 Å². The summed E-state index contributed by atoms with van der Waals surface area (Å²) in [6.07, 6.45) is 1.65. The van der Waals surface area contributed by atoms with Crippen LogP contribution >= 0.6 is 0 Å². The number of carbonyl (C=O) groups excluding carboxylic acids is 1. The summed E-state index contributed by atoms with van der Waals surface area (Å²) in [5.74, 6) is 0.813. The minimum absolute atomic E-state index is 0.0165. The SMILES string of the molecule is O=C(c1ccc(NS(=O)(=O)c2ccc3[nH]c(=O)[nH]c3c2)cc1)N1CCN(Cc2ccco2)CC1. The van der Waals surface area contributed by atoms with Crippen molar-refractivity contribution < 1.29 is 17.6 Å². The molecule has 4 aromatic rings. The van der Waals surface area contributed by atoms with Crippen molar-refractivity contribution in [1.29, 1.82) is 0 Å². The first-order valence-electron chi connectivity index (χ1n) is 10.8. The lowest BCUT2D eigenvalue weighted by atomic mass is 10.1. The normalized spacial score (nSPS) is 15.0. The van der Waals surface area contributed by atoms with Gasteiger partial charge in [-0.15, -0.1) is 0 Å². The van der Waals surface area contributed by atoms with E-state index in [0.29, 0.717) is 35.4 Å². The molecule has 0 spiro atoms. The summed E-state index contributed by atoms with van der Waals surface area (Å²) < 4.78 is 33.4. The molecule has 1 aliphatic heterocycles. The zero-order valence-electron chi connectivity index (χ0n) is 18.2. The highest BCUT2D eigenvalue weighted by atomic mass is 32.2. The molecule has 11 heteroatoms. The smallest absolute Gasteiger partial charge is 0.323 e. The number of aromatic nitrogens is 2. The third-order valence-corrected chi connectivity index (χ3v) is 7.18. The number of furan rings is 1. The third kappa shape index (κ3) is 4.61. The van der Waals surface area contributed by atoms with E-state index < -0.39 is 15.7 Å². The molecule has 2 aromatic heterocycles. The Labute approximate surface area is 195 Å². The number of hydrogen-bond acceptors (Lipinski definition) is 6. The van der Waals surface area contributed by atoms with Crippen LogP contribution in [0, 0.1) is 0 Å². The summed E-state index contributed by atoms with van der Waals surface area (Å²) in [7, 11) is -3.87. The van der Waals surface area contributed by atoms with Gasteiger partial charge in [0.1, 0.15) is 5.76 Å². The van der Waals surface area contributed by atoms with E-state index in [1.165, 1.54) is 18.2 Å². The first kappa shape index (κ1) is 22.0. The number of rotatable bonds is 6. The summed E-state index contributed by atoms with van der Waals surface area (Å²) in [6, 6.07) is 14.5. The Hall–Kier alpha value is -3.83. The molecule has 5 rings (SSSR count). The second-order valence-corrected chi connectivity index (χ2v) is 9.80. The highest BCUT2D eigenvalue weighted by molar-refractivity contribution is 7.92. The molecule has 3 heterocycles. The van der Waals surface area contributed by atoms with Gasteiger partial charge in [-0.05, 0) is 54.6 Å². The van der Waals surface area contributed by atoms with Crippen LogP contribution in [0.4, 0.5) is 5.69 Å². The number of aromatic amines is 2.